The van der Waals surface area contributed by atoms with E-state index in [1.54, 1.807) is 48.5 Å². The molecule has 1 heterocycles. The first-order chi connectivity index (χ1) is 17.2. The van der Waals surface area contributed by atoms with E-state index in [-0.39, 0.29) is 12.5 Å². The number of methoxy groups -OCH3 is 1. The van der Waals surface area contributed by atoms with Crippen LogP contribution in [0.5, 0.6) is 11.5 Å². The molecule has 11 heteroatoms. The van der Waals surface area contributed by atoms with E-state index in [1.165, 1.54) is 20.2 Å². The average Bonchev–Trinajstić information content (AvgIpc) is 2.88. The summed E-state index contributed by atoms with van der Waals surface area (Å²) < 4.78 is 36.5. The molecule has 10 nitrogen and oxygen atoms in total. The van der Waals surface area contributed by atoms with Crippen LogP contribution in [0, 0.1) is 0 Å². The van der Waals surface area contributed by atoms with Gasteiger partial charge in [-0.15, -0.1) is 0 Å². The molecule has 0 aromatic heterocycles. The molecule has 1 saturated heterocycles. The van der Waals surface area contributed by atoms with Gasteiger partial charge in [0.05, 0.1) is 25.3 Å². The summed E-state index contributed by atoms with van der Waals surface area (Å²) in [6.07, 6.45) is 5.69. The molecule has 1 fully saturated rings. The number of benzene rings is 2. The Morgan fingerprint density at radius 1 is 1.06 bits per heavy atom. The molecule has 0 unspecified atom stereocenters. The Morgan fingerprint density at radius 3 is 2.25 bits per heavy atom. The van der Waals surface area contributed by atoms with Crippen LogP contribution in [0.3, 0.4) is 0 Å². The molecular weight excluding hydrogens is 484 g/mol. The molecule has 3 rings (SSSR count). The van der Waals surface area contributed by atoms with Crippen LogP contribution in [-0.2, 0) is 19.6 Å². The number of piperidine rings is 1. The number of nitrogens with one attached hydrogen (secondary N) is 1. The Morgan fingerprint density at radius 2 is 1.67 bits per heavy atom. The molecular formula is C25H32N4O6S. The standard InChI is InChI=1S/C25H32N4O6S/c1-19(29(36(3,32)33)21-9-13-22(34-2)14-10-21)25(31)27-26-17-20-7-11-23(12-8-20)35-18-24(30)28-15-5-4-6-16-28/h7-14,17,19H,4-6,15-16,18H2,1-3H3,(H,27,31)/b26-17-/t19-/m1/s1. The van der Waals surface area contributed by atoms with E-state index in [4.69, 9.17) is 9.47 Å². The second-order valence-electron chi connectivity index (χ2n) is 8.47. The summed E-state index contributed by atoms with van der Waals surface area (Å²) in [6.45, 7) is 3.04. The number of carbonyl (C=O) groups is 2. The number of sulfonamides is 1. The smallest absolute Gasteiger partial charge is 0.263 e. The molecule has 36 heavy (non-hydrogen) atoms. The van der Waals surface area contributed by atoms with Gasteiger partial charge in [0.1, 0.15) is 17.5 Å². The summed E-state index contributed by atoms with van der Waals surface area (Å²) in [4.78, 5) is 26.7. The summed E-state index contributed by atoms with van der Waals surface area (Å²) in [5.74, 6) is 0.510. The van der Waals surface area contributed by atoms with Crippen LogP contribution >= 0.6 is 0 Å². The van der Waals surface area contributed by atoms with E-state index in [0.717, 1.165) is 42.9 Å². The minimum atomic E-state index is -3.74. The van der Waals surface area contributed by atoms with E-state index in [9.17, 15) is 18.0 Å². The van der Waals surface area contributed by atoms with Crippen LogP contribution < -0.4 is 19.2 Å². The van der Waals surface area contributed by atoms with Crippen LogP contribution in [0.1, 0.15) is 31.7 Å². The minimum Gasteiger partial charge on any atom is -0.497 e. The Balaban J connectivity index is 1.55. The lowest BCUT2D eigenvalue weighted by molar-refractivity contribution is -0.134. The van der Waals surface area contributed by atoms with Gasteiger partial charge in [-0.05, 0) is 80.3 Å². The highest BCUT2D eigenvalue weighted by molar-refractivity contribution is 7.92. The molecule has 2 aromatic carbocycles. The lowest BCUT2D eigenvalue weighted by atomic mass is 10.1. The molecule has 0 bridgehead atoms. The van der Waals surface area contributed by atoms with Crippen molar-refractivity contribution in [3.05, 3.63) is 54.1 Å². The van der Waals surface area contributed by atoms with Gasteiger partial charge in [-0.2, -0.15) is 5.10 Å². The van der Waals surface area contributed by atoms with Crippen molar-refractivity contribution in [1.82, 2.24) is 10.3 Å². The first kappa shape index (κ1) is 27.0. The van der Waals surface area contributed by atoms with Crippen LogP contribution in [0.2, 0.25) is 0 Å². The second-order valence-corrected chi connectivity index (χ2v) is 10.3. The number of hydrazone groups is 1. The zero-order valence-electron chi connectivity index (χ0n) is 20.7. The van der Waals surface area contributed by atoms with Crippen molar-refractivity contribution in [2.75, 3.05) is 37.4 Å². The topological polar surface area (TPSA) is 118 Å². The number of nitrogens with zero attached hydrogens (tertiary/aromatic N) is 3. The quantitative estimate of drug-likeness (QED) is 0.383. The first-order valence-electron chi connectivity index (χ1n) is 11.7. The molecule has 1 N–H and O–H groups in total. The van der Waals surface area contributed by atoms with Crippen LogP contribution in [-0.4, -0.2) is 70.5 Å². The van der Waals surface area contributed by atoms with Crippen molar-refractivity contribution in [1.29, 1.82) is 0 Å². The summed E-state index contributed by atoms with van der Waals surface area (Å²) in [5, 5.41) is 3.95. The minimum absolute atomic E-state index is 0.00753. The number of amides is 2. The fourth-order valence-corrected chi connectivity index (χ4v) is 5.01. The molecule has 2 amide bonds. The number of anilines is 1. The van der Waals surface area contributed by atoms with Gasteiger partial charge in [0.25, 0.3) is 11.8 Å². The van der Waals surface area contributed by atoms with E-state index in [0.29, 0.717) is 22.7 Å². The maximum atomic E-state index is 12.6. The van der Waals surface area contributed by atoms with E-state index < -0.39 is 22.0 Å². The van der Waals surface area contributed by atoms with Gasteiger partial charge in [-0.1, -0.05) is 0 Å². The molecule has 2 aromatic rings. The SMILES string of the molecule is COc1ccc(N([C@H](C)C(=O)N/N=C\c2ccc(OCC(=O)N3CCCCC3)cc2)S(C)(=O)=O)cc1. The summed E-state index contributed by atoms with van der Waals surface area (Å²) >= 11 is 0. The summed E-state index contributed by atoms with van der Waals surface area (Å²) in [5.41, 5.74) is 3.41. The molecule has 1 aliphatic heterocycles. The fourth-order valence-electron chi connectivity index (χ4n) is 3.83. The highest BCUT2D eigenvalue weighted by Crippen LogP contribution is 2.23. The predicted molar refractivity (Wildman–Crippen MR) is 138 cm³/mol. The maximum Gasteiger partial charge on any atom is 0.263 e. The Bertz CT molecular complexity index is 1160. The van der Waals surface area contributed by atoms with E-state index in [2.05, 4.69) is 10.5 Å². The second kappa shape index (κ2) is 12.4. The Hall–Kier alpha value is -3.60. The highest BCUT2D eigenvalue weighted by atomic mass is 32.2. The van der Waals surface area contributed by atoms with Crippen molar-refractivity contribution >= 4 is 33.7 Å². The number of hydrogen-bond donors (Lipinski definition) is 1. The van der Waals surface area contributed by atoms with Gasteiger partial charge in [0.15, 0.2) is 6.61 Å². The van der Waals surface area contributed by atoms with E-state index >= 15 is 0 Å². The van der Waals surface area contributed by atoms with Crippen molar-refractivity contribution < 1.29 is 27.5 Å². The molecule has 194 valence electrons. The predicted octanol–water partition coefficient (Wildman–Crippen LogP) is 2.39. The molecule has 0 aliphatic carbocycles. The molecule has 0 spiro atoms. The van der Waals surface area contributed by atoms with Crippen molar-refractivity contribution in [2.24, 2.45) is 5.10 Å². The first-order valence-corrected chi connectivity index (χ1v) is 13.5. The van der Waals surface area contributed by atoms with Gasteiger partial charge >= 0.3 is 0 Å². The molecule has 1 atom stereocenters. The monoisotopic (exact) mass is 516 g/mol. The van der Waals surface area contributed by atoms with Gasteiger partial charge in [-0.25, -0.2) is 13.8 Å². The normalized spacial score (nSPS) is 14.8. The van der Waals surface area contributed by atoms with E-state index in [1.807, 2.05) is 4.90 Å². The number of likely N-dealkylation sites (tertiary alicyclic amines) is 1. The van der Waals surface area contributed by atoms with Gasteiger partial charge in [0, 0.05) is 13.1 Å². The third-order valence-corrected chi connectivity index (χ3v) is 7.00. The average molecular weight is 517 g/mol. The van der Waals surface area contributed by atoms with Crippen LogP contribution in [0.4, 0.5) is 5.69 Å². The van der Waals surface area contributed by atoms with Crippen molar-refractivity contribution in [3.8, 4) is 11.5 Å². The number of ether oxygens (including phenoxy) is 2. The third kappa shape index (κ3) is 7.45. The number of carbonyl (C=O) groups excluding carboxylic acids is 2. The van der Waals surface area contributed by atoms with Gasteiger partial charge < -0.3 is 14.4 Å². The van der Waals surface area contributed by atoms with Crippen molar-refractivity contribution in [3.63, 3.8) is 0 Å². The molecule has 1 aliphatic rings. The lowest BCUT2D eigenvalue weighted by Crippen LogP contribution is -2.46. The Labute approximate surface area is 211 Å². The molecule has 0 saturated carbocycles. The Kier molecular flexibility index (Phi) is 9.29. The third-order valence-electron chi connectivity index (χ3n) is 5.75. The molecule has 0 radical (unpaired) electrons. The van der Waals surface area contributed by atoms with Crippen molar-refractivity contribution in [2.45, 2.75) is 32.2 Å². The summed E-state index contributed by atoms with van der Waals surface area (Å²) in [6, 6.07) is 12.2. The summed E-state index contributed by atoms with van der Waals surface area (Å²) in [7, 11) is -2.23. The zero-order valence-corrected chi connectivity index (χ0v) is 21.5. The number of rotatable bonds is 10. The number of hydrogen-bond acceptors (Lipinski definition) is 7. The van der Waals surface area contributed by atoms with Crippen LogP contribution in [0.15, 0.2) is 53.6 Å². The van der Waals surface area contributed by atoms with Gasteiger partial charge in [-0.3, -0.25) is 13.9 Å². The zero-order chi connectivity index (χ0) is 26.1. The fraction of sp³-hybridized carbons (Fsp3) is 0.400. The maximum absolute atomic E-state index is 12.6. The highest BCUT2D eigenvalue weighted by Gasteiger charge is 2.29. The van der Waals surface area contributed by atoms with Crippen LogP contribution in [0.25, 0.3) is 0 Å². The lowest BCUT2D eigenvalue weighted by Gasteiger charge is -2.27. The largest absolute Gasteiger partial charge is 0.497 e. The van der Waals surface area contributed by atoms with Gasteiger partial charge in [0.2, 0.25) is 10.0 Å².